The number of hydrogen-bond donors (Lipinski definition) is 2. The normalized spacial score (nSPS) is 11.1. The Morgan fingerprint density at radius 1 is 0.938 bits per heavy atom. The van der Waals surface area contributed by atoms with Gasteiger partial charge in [-0.1, -0.05) is 42.5 Å². The maximum atomic E-state index is 4.73. The van der Waals surface area contributed by atoms with Crippen LogP contribution in [0, 0.1) is 0 Å². The van der Waals surface area contributed by atoms with Crippen LogP contribution in [-0.4, -0.2) is 32.1 Å². The molecule has 0 fully saturated rings. The summed E-state index contributed by atoms with van der Waals surface area (Å²) in [5, 5.41) is 15.5. The molecule has 2 N–H and O–H groups in total. The average Bonchev–Trinajstić information content (AvgIpc) is 3.49. The van der Waals surface area contributed by atoms with Crippen molar-refractivity contribution in [3.8, 4) is 5.69 Å². The van der Waals surface area contributed by atoms with Crippen molar-refractivity contribution < 1.29 is 0 Å². The maximum absolute atomic E-state index is 4.73. The van der Waals surface area contributed by atoms with E-state index in [4.69, 9.17) is 4.99 Å². The van der Waals surface area contributed by atoms with Crippen molar-refractivity contribution >= 4 is 29.9 Å². The van der Waals surface area contributed by atoms with Crippen molar-refractivity contribution in [2.45, 2.75) is 26.6 Å². The summed E-state index contributed by atoms with van der Waals surface area (Å²) in [6.07, 6.45) is 7.66. The van der Waals surface area contributed by atoms with Gasteiger partial charge in [0.1, 0.15) is 0 Å². The molecule has 0 radical (unpaired) electrons. The van der Waals surface area contributed by atoms with E-state index in [1.54, 1.807) is 6.20 Å². The van der Waals surface area contributed by atoms with E-state index < -0.39 is 0 Å². The molecular weight excluding hydrogens is 513 g/mol. The Bertz CT molecular complexity index is 1100. The molecule has 0 aliphatic heterocycles. The van der Waals surface area contributed by atoms with Crippen molar-refractivity contribution in [2.75, 3.05) is 6.54 Å². The lowest BCUT2D eigenvalue weighted by Gasteiger charge is -2.14. The van der Waals surface area contributed by atoms with Gasteiger partial charge in [0.25, 0.3) is 0 Å². The maximum Gasteiger partial charge on any atom is 0.191 e. The lowest BCUT2D eigenvalue weighted by molar-refractivity contribution is 0.677. The third kappa shape index (κ3) is 6.43. The molecular formula is C24H28IN7. The van der Waals surface area contributed by atoms with E-state index in [2.05, 4.69) is 52.0 Å². The van der Waals surface area contributed by atoms with Crippen LogP contribution in [-0.2, 0) is 19.6 Å². The van der Waals surface area contributed by atoms with Crippen LogP contribution in [0.4, 0.5) is 0 Å². The Morgan fingerprint density at radius 3 is 2.47 bits per heavy atom. The summed E-state index contributed by atoms with van der Waals surface area (Å²) in [7, 11) is 0. The molecule has 0 bridgehead atoms. The molecule has 0 spiro atoms. The second kappa shape index (κ2) is 12.0. The largest absolute Gasteiger partial charge is 0.357 e. The third-order valence-electron chi connectivity index (χ3n) is 4.88. The highest BCUT2D eigenvalue weighted by Gasteiger charge is 2.06. The number of rotatable bonds is 8. The molecule has 0 aliphatic rings. The predicted molar refractivity (Wildman–Crippen MR) is 138 cm³/mol. The highest BCUT2D eigenvalue weighted by Crippen LogP contribution is 2.11. The Kier molecular flexibility index (Phi) is 8.85. The van der Waals surface area contributed by atoms with Crippen LogP contribution >= 0.6 is 24.0 Å². The molecule has 2 aromatic heterocycles. The number of guanidine groups is 1. The molecule has 2 heterocycles. The summed E-state index contributed by atoms with van der Waals surface area (Å²) >= 11 is 0. The molecule has 2 aromatic carbocycles. The molecule has 166 valence electrons. The second-order valence-electron chi connectivity index (χ2n) is 7.15. The first-order valence-corrected chi connectivity index (χ1v) is 10.5. The van der Waals surface area contributed by atoms with Crippen LogP contribution in [0.15, 0.2) is 90.4 Å². The number of halogens is 1. The van der Waals surface area contributed by atoms with Gasteiger partial charge in [-0.3, -0.25) is 4.68 Å². The van der Waals surface area contributed by atoms with E-state index in [0.29, 0.717) is 13.1 Å². The van der Waals surface area contributed by atoms with Crippen molar-refractivity contribution in [2.24, 2.45) is 4.99 Å². The van der Waals surface area contributed by atoms with Gasteiger partial charge in [-0.25, -0.2) is 9.67 Å². The van der Waals surface area contributed by atoms with Gasteiger partial charge < -0.3 is 10.6 Å². The first-order chi connectivity index (χ1) is 15.3. The first-order valence-electron chi connectivity index (χ1n) is 10.5. The number of nitrogens with zero attached hydrogens (tertiary/aromatic N) is 5. The second-order valence-corrected chi connectivity index (χ2v) is 7.15. The summed E-state index contributed by atoms with van der Waals surface area (Å²) in [5.74, 6) is 0.781. The van der Waals surface area contributed by atoms with Crippen LogP contribution in [0.5, 0.6) is 0 Å². The molecule has 4 aromatic rings. The zero-order chi connectivity index (χ0) is 21.3. The summed E-state index contributed by atoms with van der Waals surface area (Å²) in [6, 6.07) is 20.4. The number of aromatic nitrogens is 4. The molecule has 0 atom stereocenters. The molecule has 7 nitrogen and oxygen atoms in total. The standard InChI is InChI=1S/C24H27N7.HI/c1-2-25-24(26-15-20-16-29-31(18-20)23-11-4-3-5-12-23)27-17-21-9-6-7-10-22(21)19-30-14-8-13-28-30;/h3-14,16,18H,2,15,17,19H2,1H3,(H2,25,26,27);1H. The Labute approximate surface area is 205 Å². The molecule has 4 rings (SSSR count). The van der Waals surface area contributed by atoms with Crippen LogP contribution in [0.1, 0.15) is 23.6 Å². The number of para-hydroxylation sites is 1. The van der Waals surface area contributed by atoms with Crippen LogP contribution < -0.4 is 10.6 Å². The fourth-order valence-corrected chi connectivity index (χ4v) is 3.31. The topological polar surface area (TPSA) is 72.1 Å². The number of hydrogen-bond acceptors (Lipinski definition) is 3. The Balaban J connectivity index is 0.00000289. The van der Waals surface area contributed by atoms with Crippen molar-refractivity contribution in [3.63, 3.8) is 0 Å². The highest BCUT2D eigenvalue weighted by molar-refractivity contribution is 14.0. The lowest BCUT2D eigenvalue weighted by atomic mass is 10.1. The molecule has 0 amide bonds. The van der Waals surface area contributed by atoms with E-state index >= 15 is 0 Å². The fraction of sp³-hybridized carbons (Fsp3) is 0.208. The summed E-state index contributed by atoms with van der Waals surface area (Å²) in [5.41, 5.74) is 4.55. The van der Waals surface area contributed by atoms with Gasteiger partial charge in [0.2, 0.25) is 0 Å². The molecule has 0 unspecified atom stereocenters. The van der Waals surface area contributed by atoms with Gasteiger partial charge in [-0.2, -0.15) is 10.2 Å². The van der Waals surface area contributed by atoms with Crippen LogP contribution in [0.25, 0.3) is 5.69 Å². The first kappa shape index (κ1) is 23.5. The van der Waals surface area contributed by atoms with Crippen molar-refractivity contribution in [1.29, 1.82) is 0 Å². The SMILES string of the molecule is CCNC(=NCc1cnn(-c2ccccc2)c1)NCc1ccccc1Cn1cccn1.I. The monoisotopic (exact) mass is 541 g/mol. The van der Waals surface area contributed by atoms with E-state index in [0.717, 1.165) is 30.3 Å². The summed E-state index contributed by atoms with van der Waals surface area (Å²) in [6.45, 7) is 4.85. The van der Waals surface area contributed by atoms with E-state index in [9.17, 15) is 0 Å². The fourth-order valence-electron chi connectivity index (χ4n) is 3.31. The van der Waals surface area contributed by atoms with Gasteiger partial charge in [-0.05, 0) is 36.2 Å². The van der Waals surface area contributed by atoms with Gasteiger partial charge in [0.05, 0.1) is 25.0 Å². The van der Waals surface area contributed by atoms with Gasteiger partial charge in [-0.15, -0.1) is 24.0 Å². The molecule has 0 saturated carbocycles. The Hall–Kier alpha value is -3.14. The minimum absolute atomic E-state index is 0. The van der Waals surface area contributed by atoms with Crippen LogP contribution in [0.3, 0.4) is 0 Å². The molecule has 32 heavy (non-hydrogen) atoms. The van der Waals surface area contributed by atoms with Crippen molar-refractivity contribution in [3.05, 3.63) is 102 Å². The van der Waals surface area contributed by atoms with E-state index in [-0.39, 0.29) is 24.0 Å². The van der Waals surface area contributed by atoms with Gasteiger partial charge in [0, 0.05) is 37.2 Å². The zero-order valence-corrected chi connectivity index (χ0v) is 20.4. The van der Waals surface area contributed by atoms with E-state index in [1.807, 2.05) is 64.4 Å². The number of nitrogens with one attached hydrogen (secondary N) is 2. The average molecular weight is 541 g/mol. The number of benzene rings is 2. The van der Waals surface area contributed by atoms with Gasteiger partial charge in [0.15, 0.2) is 5.96 Å². The number of aliphatic imine (C=N–C) groups is 1. The predicted octanol–water partition coefficient (Wildman–Crippen LogP) is 3.99. The minimum Gasteiger partial charge on any atom is -0.357 e. The summed E-state index contributed by atoms with van der Waals surface area (Å²) in [4.78, 5) is 4.73. The molecule has 8 heteroatoms. The van der Waals surface area contributed by atoms with Crippen LogP contribution in [0.2, 0.25) is 0 Å². The molecule has 0 saturated heterocycles. The smallest absolute Gasteiger partial charge is 0.191 e. The quantitative estimate of drug-likeness (QED) is 0.201. The third-order valence-corrected chi connectivity index (χ3v) is 4.88. The summed E-state index contributed by atoms with van der Waals surface area (Å²) < 4.78 is 3.80. The van der Waals surface area contributed by atoms with E-state index in [1.165, 1.54) is 11.1 Å². The Morgan fingerprint density at radius 2 is 1.72 bits per heavy atom. The minimum atomic E-state index is 0. The van der Waals surface area contributed by atoms with Crippen molar-refractivity contribution in [1.82, 2.24) is 30.2 Å². The lowest BCUT2D eigenvalue weighted by Crippen LogP contribution is -2.37. The van der Waals surface area contributed by atoms with Gasteiger partial charge >= 0.3 is 0 Å². The highest BCUT2D eigenvalue weighted by atomic mass is 127. The molecule has 0 aliphatic carbocycles. The zero-order valence-electron chi connectivity index (χ0n) is 18.1.